The fraction of sp³-hybridized carbons (Fsp3) is 0.778. The van der Waals surface area contributed by atoms with Crippen LogP contribution in [0.5, 0.6) is 0 Å². The fourth-order valence-corrected chi connectivity index (χ4v) is 1.39. The van der Waals surface area contributed by atoms with Crippen LogP contribution in [0.1, 0.15) is 27.2 Å². The normalized spacial score (nSPS) is 26.4. The Hall–Kier alpha value is -1.10. The summed E-state index contributed by atoms with van der Waals surface area (Å²) >= 11 is 0. The molecule has 14 heavy (non-hydrogen) atoms. The number of hydrazine groups is 1. The number of rotatable bonds is 3. The molecule has 0 saturated carbocycles. The molecule has 3 N–H and O–H groups in total. The summed E-state index contributed by atoms with van der Waals surface area (Å²) in [6.45, 7) is 5.63. The zero-order valence-corrected chi connectivity index (χ0v) is 8.76. The van der Waals surface area contributed by atoms with Crippen LogP contribution in [-0.4, -0.2) is 23.9 Å². The lowest BCUT2D eigenvalue weighted by Crippen LogP contribution is -2.38. The van der Waals surface area contributed by atoms with Crippen molar-refractivity contribution in [3.63, 3.8) is 0 Å². The predicted molar refractivity (Wildman–Crippen MR) is 52.1 cm³/mol. The Morgan fingerprint density at radius 2 is 2.21 bits per heavy atom. The van der Waals surface area contributed by atoms with Gasteiger partial charge in [-0.3, -0.25) is 15.0 Å². The van der Waals surface area contributed by atoms with Crippen molar-refractivity contribution in [2.75, 3.05) is 0 Å². The van der Waals surface area contributed by atoms with Crippen LogP contribution in [0.15, 0.2) is 0 Å². The van der Waals surface area contributed by atoms with Gasteiger partial charge in [0.05, 0.1) is 5.92 Å². The molecule has 1 saturated heterocycles. The van der Waals surface area contributed by atoms with Gasteiger partial charge in [0.2, 0.25) is 11.8 Å². The summed E-state index contributed by atoms with van der Waals surface area (Å²) in [5.41, 5.74) is 5.31. The van der Waals surface area contributed by atoms with Crippen LogP contribution in [0.3, 0.4) is 0 Å². The quantitative estimate of drug-likeness (QED) is 0.576. The monoisotopic (exact) mass is 199 g/mol. The predicted octanol–water partition coefficient (Wildman–Crippen LogP) is -0.460. The van der Waals surface area contributed by atoms with E-state index in [1.807, 2.05) is 20.8 Å². The molecular formula is C9H17N3O2. The van der Waals surface area contributed by atoms with E-state index in [2.05, 4.69) is 16.2 Å². The van der Waals surface area contributed by atoms with Gasteiger partial charge in [0, 0.05) is 18.5 Å². The first-order chi connectivity index (χ1) is 6.50. The highest BCUT2D eigenvalue weighted by molar-refractivity contribution is 5.83. The minimum absolute atomic E-state index is 0.0270. The van der Waals surface area contributed by atoms with E-state index in [0.29, 0.717) is 6.42 Å². The first-order valence-corrected chi connectivity index (χ1v) is 4.85. The maximum atomic E-state index is 11.4. The van der Waals surface area contributed by atoms with Crippen LogP contribution >= 0.6 is 0 Å². The van der Waals surface area contributed by atoms with Crippen LogP contribution in [-0.2, 0) is 9.59 Å². The lowest BCUT2D eigenvalue weighted by molar-refractivity contribution is -0.123. The third-order valence-electron chi connectivity index (χ3n) is 2.25. The largest absolute Gasteiger partial charge is 0.354 e. The van der Waals surface area contributed by atoms with Gasteiger partial charge in [0.1, 0.15) is 0 Å². The molecule has 0 bridgehead atoms. The average molecular weight is 199 g/mol. The first kappa shape index (κ1) is 11.0. The molecule has 1 rings (SSSR count). The van der Waals surface area contributed by atoms with Crippen LogP contribution in [0.2, 0.25) is 0 Å². The highest BCUT2D eigenvalue weighted by Gasteiger charge is 2.31. The number of carbonyl (C=O) groups is 2. The Morgan fingerprint density at radius 3 is 2.64 bits per heavy atom. The van der Waals surface area contributed by atoms with Crippen LogP contribution in [0.4, 0.5) is 0 Å². The Balaban J connectivity index is 2.38. The van der Waals surface area contributed by atoms with E-state index in [9.17, 15) is 9.59 Å². The number of nitrogens with one attached hydrogen (secondary N) is 3. The van der Waals surface area contributed by atoms with Gasteiger partial charge in [-0.2, -0.15) is 0 Å². The van der Waals surface area contributed by atoms with E-state index in [4.69, 9.17) is 0 Å². The Morgan fingerprint density at radius 1 is 1.57 bits per heavy atom. The number of hydrogen-bond acceptors (Lipinski definition) is 3. The van der Waals surface area contributed by atoms with E-state index in [1.54, 1.807) is 0 Å². The second-order valence-corrected chi connectivity index (χ2v) is 3.96. The van der Waals surface area contributed by atoms with Gasteiger partial charge in [-0.05, 0) is 13.8 Å². The molecule has 5 heteroatoms. The third-order valence-corrected chi connectivity index (χ3v) is 2.25. The van der Waals surface area contributed by atoms with Crippen molar-refractivity contribution in [3.8, 4) is 0 Å². The molecule has 0 aromatic rings. The molecule has 0 spiro atoms. The summed E-state index contributed by atoms with van der Waals surface area (Å²) in [6, 6.07) is 0.0455. The van der Waals surface area contributed by atoms with Crippen molar-refractivity contribution in [2.24, 2.45) is 5.92 Å². The summed E-state index contributed by atoms with van der Waals surface area (Å²) in [5.74, 6) is -0.221. The molecule has 80 valence electrons. The summed E-state index contributed by atoms with van der Waals surface area (Å²) in [7, 11) is 0. The number of carbonyl (C=O) groups excluding carboxylic acids is 2. The van der Waals surface area contributed by atoms with E-state index in [-0.39, 0.29) is 29.8 Å². The second kappa shape index (κ2) is 4.41. The summed E-state index contributed by atoms with van der Waals surface area (Å²) in [5, 5.41) is 2.79. The van der Waals surface area contributed by atoms with Crippen molar-refractivity contribution in [1.82, 2.24) is 16.2 Å². The molecule has 2 amide bonds. The highest BCUT2D eigenvalue weighted by atomic mass is 16.2. The number of hydrogen-bond donors (Lipinski definition) is 3. The van der Waals surface area contributed by atoms with Gasteiger partial charge < -0.3 is 5.32 Å². The highest BCUT2D eigenvalue weighted by Crippen LogP contribution is 2.11. The Kier molecular flexibility index (Phi) is 3.46. The van der Waals surface area contributed by atoms with Crippen molar-refractivity contribution in [3.05, 3.63) is 0 Å². The summed E-state index contributed by atoms with van der Waals surface area (Å²) in [6.07, 6.45) is 0.331. The second-order valence-electron chi connectivity index (χ2n) is 3.96. The number of amides is 2. The molecule has 1 aliphatic rings. The lowest BCUT2D eigenvalue weighted by Gasteiger charge is -2.14. The van der Waals surface area contributed by atoms with Gasteiger partial charge in [-0.25, -0.2) is 5.43 Å². The van der Waals surface area contributed by atoms with Crippen molar-refractivity contribution < 1.29 is 9.59 Å². The molecule has 2 unspecified atom stereocenters. The smallest absolute Gasteiger partial charge is 0.238 e. The molecule has 2 atom stereocenters. The molecule has 1 fully saturated rings. The molecule has 0 aromatic heterocycles. The van der Waals surface area contributed by atoms with E-state index in [1.165, 1.54) is 0 Å². The van der Waals surface area contributed by atoms with E-state index < -0.39 is 0 Å². The van der Waals surface area contributed by atoms with Gasteiger partial charge >= 0.3 is 0 Å². The van der Waals surface area contributed by atoms with Gasteiger partial charge in [-0.1, -0.05) is 6.92 Å². The zero-order chi connectivity index (χ0) is 10.7. The maximum Gasteiger partial charge on any atom is 0.238 e. The molecule has 1 aliphatic heterocycles. The summed E-state index contributed by atoms with van der Waals surface area (Å²) < 4.78 is 0. The maximum absolute atomic E-state index is 11.4. The van der Waals surface area contributed by atoms with Crippen LogP contribution in [0, 0.1) is 5.92 Å². The minimum atomic E-state index is -0.145. The van der Waals surface area contributed by atoms with Gasteiger partial charge in [0.25, 0.3) is 0 Å². The van der Waals surface area contributed by atoms with Crippen molar-refractivity contribution >= 4 is 11.8 Å². The molecule has 1 heterocycles. The van der Waals surface area contributed by atoms with Gasteiger partial charge in [0.15, 0.2) is 0 Å². The average Bonchev–Trinajstić information content (AvgIpc) is 2.34. The minimum Gasteiger partial charge on any atom is -0.354 e. The molecule has 0 aromatic carbocycles. The fourth-order valence-electron chi connectivity index (χ4n) is 1.39. The van der Waals surface area contributed by atoms with Crippen molar-refractivity contribution in [2.45, 2.75) is 39.3 Å². The first-order valence-electron chi connectivity index (χ1n) is 4.85. The summed E-state index contributed by atoms with van der Waals surface area (Å²) in [4.78, 5) is 22.5. The molecular weight excluding hydrogens is 182 g/mol. The Bertz CT molecular complexity index is 240. The standard InChI is InChI=1S/C9H17N3O2/c1-5(2)10-8(13)4-7-6(3)9(14)12-11-7/h5-7,11H,4H2,1-3H3,(H,10,13)(H,12,14). The Labute approximate surface area is 83.6 Å². The SMILES string of the molecule is CC(C)NC(=O)CC1NNC(=O)C1C. The van der Waals surface area contributed by atoms with Crippen molar-refractivity contribution in [1.29, 1.82) is 0 Å². The molecule has 0 aliphatic carbocycles. The molecule has 0 radical (unpaired) electrons. The van der Waals surface area contributed by atoms with Crippen LogP contribution < -0.4 is 16.2 Å². The lowest BCUT2D eigenvalue weighted by atomic mass is 10.0. The molecule has 5 nitrogen and oxygen atoms in total. The topological polar surface area (TPSA) is 70.2 Å². The van der Waals surface area contributed by atoms with E-state index >= 15 is 0 Å². The van der Waals surface area contributed by atoms with Crippen LogP contribution in [0.25, 0.3) is 0 Å². The third kappa shape index (κ3) is 2.70. The van der Waals surface area contributed by atoms with Gasteiger partial charge in [-0.15, -0.1) is 0 Å². The zero-order valence-electron chi connectivity index (χ0n) is 8.76. The van der Waals surface area contributed by atoms with E-state index in [0.717, 1.165) is 0 Å².